The van der Waals surface area contributed by atoms with Gasteiger partial charge in [-0.1, -0.05) is 13.8 Å². The molecule has 0 amide bonds. The molecule has 2 N–H and O–H groups in total. The summed E-state index contributed by atoms with van der Waals surface area (Å²) in [5.41, 5.74) is -1.84. The van der Waals surface area contributed by atoms with Crippen LogP contribution in [0.1, 0.15) is 72.1 Å². The number of fused-ring (bicyclic) bond motifs is 5. The maximum absolute atomic E-state index is 15.3. The van der Waals surface area contributed by atoms with E-state index >= 15 is 4.39 Å². The second-order valence-corrected chi connectivity index (χ2v) is 10.1. The van der Waals surface area contributed by atoms with E-state index in [1.165, 1.54) is 0 Å². The van der Waals surface area contributed by atoms with E-state index in [4.69, 9.17) is 0 Å². The molecule has 3 nitrogen and oxygen atoms in total. The number of aliphatic hydroxyl groups excluding tert-OH is 1. The highest BCUT2D eigenvalue weighted by atomic mass is 19.1. The SMILES string of the molecule is CC(=O)[C@H]1CC[C@H]2[C@@H]3CC(F)C4(O)CC(O)CC[C@]4(C)[C@H]3CC[C@]12C. The van der Waals surface area contributed by atoms with Crippen LogP contribution in [0.15, 0.2) is 0 Å². The largest absolute Gasteiger partial charge is 0.393 e. The molecule has 0 radical (unpaired) electrons. The first-order valence-corrected chi connectivity index (χ1v) is 10.2. The van der Waals surface area contributed by atoms with Gasteiger partial charge < -0.3 is 10.2 Å². The zero-order valence-corrected chi connectivity index (χ0v) is 15.8. The van der Waals surface area contributed by atoms with Gasteiger partial charge in [0, 0.05) is 17.8 Å². The molecular formula is C21H33FO3. The summed E-state index contributed by atoms with van der Waals surface area (Å²) in [5, 5.41) is 21.3. The molecule has 4 aliphatic carbocycles. The number of ketones is 1. The number of alkyl halides is 1. The van der Waals surface area contributed by atoms with Crippen LogP contribution in [0.3, 0.4) is 0 Å². The van der Waals surface area contributed by atoms with Crippen molar-refractivity contribution >= 4 is 5.78 Å². The van der Waals surface area contributed by atoms with Crippen LogP contribution >= 0.6 is 0 Å². The Hall–Kier alpha value is -0.480. The summed E-state index contributed by atoms with van der Waals surface area (Å²) in [6.45, 7) is 6.04. The molecule has 0 saturated heterocycles. The van der Waals surface area contributed by atoms with Crippen LogP contribution in [0, 0.1) is 34.5 Å². The number of carbonyl (C=O) groups is 1. The van der Waals surface area contributed by atoms with E-state index < -0.39 is 23.3 Å². The van der Waals surface area contributed by atoms with Gasteiger partial charge in [-0.05, 0) is 75.0 Å². The molecule has 0 bridgehead atoms. The fraction of sp³-hybridized carbons (Fsp3) is 0.952. The number of hydrogen-bond donors (Lipinski definition) is 2. The van der Waals surface area contributed by atoms with Gasteiger partial charge in [-0.3, -0.25) is 4.79 Å². The molecule has 0 spiro atoms. The predicted octanol–water partition coefficient (Wildman–Crippen LogP) is 3.66. The van der Waals surface area contributed by atoms with Crippen molar-refractivity contribution in [2.45, 2.75) is 90.0 Å². The minimum atomic E-state index is -1.39. The lowest BCUT2D eigenvalue weighted by Gasteiger charge is -2.64. The second-order valence-electron chi connectivity index (χ2n) is 10.1. The van der Waals surface area contributed by atoms with E-state index in [0.29, 0.717) is 36.9 Å². The molecule has 4 fully saturated rings. The van der Waals surface area contributed by atoms with Crippen LogP contribution < -0.4 is 0 Å². The minimum Gasteiger partial charge on any atom is -0.393 e. The van der Waals surface area contributed by atoms with E-state index in [-0.39, 0.29) is 23.7 Å². The first-order valence-electron chi connectivity index (χ1n) is 10.2. The van der Waals surface area contributed by atoms with Crippen molar-refractivity contribution in [1.29, 1.82) is 0 Å². The van der Waals surface area contributed by atoms with Gasteiger partial charge in [0.1, 0.15) is 17.6 Å². The standard InChI is InChI=1S/C21H33FO3/c1-12(23)15-4-5-16-14-10-18(22)21(25)11-13(24)6-9-20(21,3)17(14)7-8-19(15,16)2/h13-18,24-25H,4-11H2,1-3H3/t13?,14-,15+,16-,17-,18?,19+,20+,21?/m0/s1. The van der Waals surface area contributed by atoms with Gasteiger partial charge in [-0.2, -0.15) is 0 Å². The van der Waals surface area contributed by atoms with Gasteiger partial charge in [0.15, 0.2) is 0 Å². The average molecular weight is 352 g/mol. The molecule has 0 aromatic heterocycles. The third-order valence-electron chi connectivity index (χ3n) is 9.28. The number of aliphatic hydroxyl groups is 2. The summed E-state index contributed by atoms with van der Waals surface area (Å²) in [7, 11) is 0. The Morgan fingerprint density at radius 3 is 2.48 bits per heavy atom. The molecule has 4 saturated carbocycles. The molecule has 0 aliphatic heterocycles. The lowest BCUT2D eigenvalue weighted by atomic mass is 9.42. The Kier molecular flexibility index (Phi) is 3.95. The number of halogens is 1. The molecule has 9 atom stereocenters. The van der Waals surface area contributed by atoms with Crippen LogP contribution in [0.25, 0.3) is 0 Å². The van der Waals surface area contributed by atoms with E-state index in [2.05, 4.69) is 13.8 Å². The first kappa shape index (κ1) is 17.9. The number of carbonyl (C=O) groups excluding carboxylic acids is 1. The second kappa shape index (κ2) is 5.51. The van der Waals surface area contributed by atoms with Crippen LogP contribution in [-0.2, 0) is 4.79 Å². The highest BCUT2D eigenvalue weighted by Crippen LogP contribution is 2.68. The Bertz CT molecular complexity index is 579. The van der Waals surface area contributed by atoms with Gasteiger partial charge in [0.2, 0.25) is 0 Å². The van der Waals surface area contributed by atoms with Crippen molar-refractivity contribution < 1.29 is 19.4 Å². The van der Waals surface area contributed by atoms with Crippen molar-refractivity contribution in [3.8, 4) is 0 Å². The summed E-state index contributed by atoms with van der Waals surface area (Å²) in [4.78, 5) is 12.2. The molecule has 4 aliphatic rings. The van der Waals surface area contributed by atoms with E-state index in [1.807, 2.05) is 0 Å². The van der Waals surface area contributed by atoms with E-state index in [1.54, 1.807) is 6.92 Å². The fourth-order valence-corrected chi connectivity index (χ4v) is 7.88. The highest BCUT2D eigenvalue weighted by Gasteiger charge is 2.68. The monoisotopic (exact) mass is 352 g/mol. The lowest BCUT2D eigenvalue weighted by Crippen LogP contribution is -2.67. The topological polar surface area (TPSA) is 57.5 Å². The minimum absolute atomic E-state index is 0.00666. The molecule has 25 heavy (non-hydrogen) atoms. The molecule has 0 aromatic carbocycles. The lowest BCUT2D eigenvalue weighted by molar-refractivity contribution is -0.249. The van der Waals surface area contributed by atoms with Crippen molar-refractivity contribution in [1.82, 2.24) is 0 Å². The maximum Gasteiger partial charge on any atom is 0.133 e. The Balaban J connectivity index is 1.69. The first-order chi connectivity index (χ1) is 11.6. The summed E-state index contributed by atoms with van der Waals surface area (Å²) in [6.07, 6.45) is 4.01. The summed E-state index contributed by atoms with van der Waals surface area (Å²) in [5.74, 6) is 1.38. The Morgan fingerprint density at radius 1 is 1.08 bits per heavy atom. The molecule has 3 unspecified atom stereocenters. The summed E-state index contributed by atoms with van der Waals surface area (Å²) in [6, 6.07) is 0. The molecule has 4 rings (SSSR count). The van der Waals surface area contributed by atoms with E-state index in [0.717, 1.165) is 25.7 Å². The van der Waals surface area contributed by atoms with Crippen LogP contribution in [0.4, 0.5) is 4.39 Å². The van der Waals surface area contributed by atoms with Crippen molar-refractivity contribution in [2.24, 2.45) is 34.5 Å². The van der Waals surface area contributed by atoms with E-state index in [9.17, 15) is 15.0 Å². The molecule has 0 aromatic rings. The van der Waals surface area contributed by atoms with Crippen molar-refractivity contribution in [2.75, 3.05) is 0 Å². The third-order valence-corrected chi connectivity index (χ3v) is 9.28. The Morgan fingerprint density at radius 2 is 1.80 bits per heavy atom. The molecule has 142 valence electrons. The van der Waals surface area contributed by atoms with Crippen LogP contribution in [-0.4, -0.2) is 33.9 Å². The van der Waals surface area contributed by atoms with Gasteiger partial charge in [0.25, 0.3) is 0 Å². The van der Waals surface area contributed by atoms with Gasteiger partial charge in [-0.25, -0.2) is 4.39 Å². The van der Waals surface area contributed by atoms with Crippen LogP contribution in [0.2, 0.25) is 0 Å². The van der Waals surface area contributed by atoms with Crippen molar-refractivity contribution in [3.05, 3.63) is 0 Å². The van der Waals surface area contributed by atoms with Gasteiger partial charge in [-0.15, -0.1) is 0 Å². The molecule has 4 heteroatoms. The fourth-order valence-electron chi connectivity index (χ4n) is 7.88. The quantitative estimate of drug-likeness (QED) is 0.757. The smallest absolute Gasteiger partial charge is 0.133 e. The maximum atomic E-state index is 15.3. The number of rotatable bonds is 1. The van der Waals surface area contributed by atoms with Crippen LogP contribution in [0.5, 0.6) is 0 Å². The average Bonchev–Trinajstić information content (AvgIpc) is 2.88. The third kappa shape index (κ3) is 2.19. The molecular weight excluding hydrogens is 319 g/mol. The normalized spacial score (nSPS) is 58.2. The number of hydrogen-bond acceptors (Lipinski definition) is 3. The summed E-state index contributed by atoms with van der Waals surface area (Å²) >= 11 is 0. The van der Waals surface area contributed by atoms with Gasteiger partial charge in [0.05, 0.1) is 6.10 Å². The number of Topliss-reactive ketones (excluding diaryl/α,β-unsaturated/α-hetero) is 1. The van der Waals surface area contributed by atoms with Crippen molar-refractivity contribution in [3.63, 3.8) is 0 Å². The zero-order valence-electron chi connectivity index (χ0n) is 15.8. The summed E-state index contributed by atoms with van der Waals surface area (Å²) < 4.78 is 15.3. The molecule has 0 heterocycles. The Labute approximate surface area is 150 Å². The highest BCUT2D eigenvalue weighted by molar-refractivity contribution is 5.79. The van der Waals surface area contributed by atoms with Gasteiger partial charge >= 0.3 is 0 Å². The zero-order chi connectivity index (χ0) is 18.2. The predicted molar refractivity (Wildman–Crippen MR) is 93.6 cm³/mol.